The van der Waals surface area contributed by atoms with E-state index >= 15 is 4.39 Å². The second-order valence-corrected chi connectivity index (χ2v) is 8.03. The predicted octanol–water partition coefficient (Wildman–Crippen LogP) is 4.67. The fourth-order valence-corrected chi connectivity index (χ4v) is 4.25. The molecule has 160 valence electrons. The molecule has 6 heteroatoms. The zero-order valence-corrected chi connectivity index (χ0v) is 17.2. The summed E-state index contributed by atoms with van der Waals surface area (Å²) in [6.07, 6.45) is 5.32. The van der Waals surface area contributed by atoms with E-state index in [9.17, 15) is 14.3 Å². The van der Waals surface area contributed by atoms with Gasteiger partial charge in [0.1, 0.15) is 24.1 Å². The molecule has 1 unspecified atom stereocenters. The summed E-state index contributed by atoms with van der Waals surface area (Å²) >= 11 is 0. The van der Waals surface area contributed by atoms with Crippen LogP contribution in [0.15, 0.2) is 24.0 Å². The predicted molar refractivity (Wildman–Crippen MR) is 104 cm³/mol. The molecule has 1 heterocycles. The van der Waals surface area contributed by atoms with Crippen molar-refractivity contribution in [2.24, 2.45) is 17.8 Å². The van der Waals surface area contributed by atoms with E-state index in [1.165, 1.54) is 13.2 Å². The van der Waals surface area contributed by atoms with Gasteiger partial charge in [-0.15, -0.1) is 0 Å². The van der Waals surface area contributed by atoms with E-state index in [2.05, 4.69) is 4.74 Å². The highest BCUT2D eigenvalue weighted by molar-refractivity contribution is 5.69. The van der Waals surface area contributed by atoms with Gasteiger partial charge < -0.3 is 14.6 Å². The monoisotopic (exact) mass is 400 g/mol. The number of esters is 1. The van der Waals surface area contributed by atoms with Gasteiger partial charge in [0.25, 0.3) is 0 Å². The second-order valence-electron chi connectivity index (χ2n) is 8.03. The quantitative estimate of drug-likeness (QED) is 0.329. The summed E-state index contributed by atoms with van der Waals surface area (Å²) in [6, 6.07) is 0. The van der Waals surface area contributed by atoms with Crippen molar-refractivity contribution in [3.8, 4) is 0 Å². The Balaban J connectivity index is 1.93. The molecule has 0 bridgehead atoms. The number of hydrogen-bond acceptors (Lipinski definition) is 4. The standard InChI is InChI=1S/C22H34F2O4/c1-4-5-8-16(23)17(25)12-11-15-14(2)13-19-21(15)22(24)18(28-19)9-6-7-10-20(26)27-3/h9,11-12,14-17,19,21-22,25H,4-8,10,13H2,1-3H3/t14-,15+,16?,17-,19-,21-,22-/m1/s1. The van der Waals surface area contributed by atoms with Crippen molar-refractivity contribution in [2.45, 2.75) is 83.3 Å². The number of allylic oxidation sites excluding steroid dienone is 3. The van der Waals surface area contributed by atoms with E-state index in [1.54, 1.807) is 12.2 Å². The Morgan fingerprint density at radius 3 is 2.86 bits per heavy atom. The Morgan fingerprint density at radius 2 is 2.18 bits per heavy atom. The lowest BCUT2D eigenvalue weighted by Gasteiger charge is -2.20. The third kappa shape index (κ3) is 5.79. The van der Waals surface area contributed by atoms with Gasteiger partial charge in [-0.2, -0.15) is 0 Å². The zero-order valence-electron chi connectivity index (χ0n) is 17.2. The first-order chi connectivity index (χ1) is 13.4. The van der Waals surface area contributed by atoms with Crippen LogP contribution in [0, 0.1) is 17.8 Å². The molecular formula is C22H34F2O4. The van der Waals surface area contributed by atoms with Gasteiger partial charge in [-0.3, -0.25) is 4.79 Å². The lowest BCUT2D eigenvalue weighted by atomic mass is 9.86. The van der Waals surface area contributed by atoms with Gasteiger partial charge in [0, 0.05) is 12.3 Å². The Morgan fingerprint density at radius 1 is 1.43 bits per heavy atom. The molecule has 1 N–H and O–H groups in total. The van der Waals surface area contributed by atoms with E-state index < -0.39 is 18.4 Å². The molecule has 1 aliphatic carbocycles. The third-order valence-corrected chi connectivity index (χ3v) is 5.92. The van der Waals surface area contributed by atoms with Crippen LogP contribution in [-0.4, -0.2) is 42.7 Å². The SMILES string of the molecule is CCCCC(F)[C@H](O)C=C[C@@H]1[C@H]2[C@H](F)C(=CCCCC(=O)OC)O[C@@H]2C[C@H]1C. The van der Waals surface area contributed by atoms with E-state index in [4.69, 9.17) is 4.74 Å². The summed E-state index contributed by atoms with van der Waals surface area (Å²) in [5.74, 6) is -0.113. The number of carbonyl (C=O) groups excluding carboxylic acids is 1. The van der Waals surface area contributed by atoms with Crippen LogP contribution in [-0.2, 0) is 14.3 Å². The maximum atomic E-state index is 15.0. The fourth-order valence-electron chi connectivity index (χ4n) is 4.25. The zero-order chi connectivity index (χ0) is 20.7. The highest BCUT2D eigenvalue weighted by Crippen LogP contribution is 2.49. The highest BCUT2D eigenvalue weighted by Gasteiger charge is 2.52. The minimum atomic E-state index is -1.28. The van der Waals surface area contributed by atoms with Crippen molar-refractivity contribution in [3.63, 3.8) is 0 Å². The number of fused-ring (bicyclic) bond motifs is 1. The topological polar surface area (TPSA) is 55.8 Å². The van der Waals surface area contributed by atoms with Crippen molar-refractivity contribution in [1.29, 1.82) is 0 Å². The number of rotatable bonds is 10. The maximum absolute atomic E-state index is 15.0. The lowest BCUT2D eigenvalue weighted by Crippen LogP contribution is -2.24. The molecule has 28 heavy (non-hydrogen) atoms. The first-order valence-corrected chi connectivity index (χ1v) is 10.5. The molecule has 1 aliphatic heterocycles. The molecule has 2 aliphatic rings. The minimum absolute atomic E-state index is 0.0889. The average Bonchev–Trinajstić information content (AvgIpc) is 3.15. The van der Waals surface area contributed by atoms with Crippen LogP contribution in [0.3, 0.4) is 0 Å². The molecule has 7 atom stereocenters. The van der Waals surface area contributed by atoms with Crippen molar-refractivity contribution < 1.29 is 28.2 Å². The summed E-state index contributed by atoms with van der Waals surface area (Å²) in [7, 11) is 1.35. The average molecular weight is 401 g/mol. The van der Waals surface area contributed by atoms with Gasteiger partial charge >= 0.3 is 5.97 Å². The lowest BCUT2D eigenvalue weighted by molar-refractivity contribution is -0.140. The molecule has 1 saturated heterocycles. The molecule has 4 nitrogen and oxygen atoms in total. The Kier molecular flexibility index (Phi) is 8.93. The first-order valence-electron chi connectivity index (χ1n) is 10.5. The van der Waals surface area contributed by atoms with Crippen molar-refractivity contribution in [2.75, 3.05) is 7.11 Å². The van der Waals surface area contributed by atoms with Gasteiger partial charge in [0.2, 0.25) is 0 Å². The second kappa shape index (κ2) is 10.9. The van der Waals surface area contributed by atoms with Crippen LogP contribution in [0.4, 0.5) is 8.78 Å². The smallest absolute Gasteiger partial charge is 0.305 e. The van der Waals surface area contributed by atoms with Crippen molar-refractivity contribution in [3.05, 3.63) is 24.0 Å². The summed E-state index contributed by atoms with van der Waals surface area (Å²) in [5.41, 5.74) is 0. The van der Waals surface area contributed by atoms with Crippen LogP contribution < -0.4 is 0 Å². The Bertz CT molecular complexity index is 563. The van der Waals surface area contributed by atoms with E-state index in [1.807, 2.05) is 13.8 Å². The Labute approximate surface area is 167 Å². The minimum Gasteiger partial charge on any atom is -0.492 e. The number of unbranched alkanes of at least 4 members (excludes halogenated alkanes) is 2. The van der Waals surface area contributed by atoms with Gasteiger partial charge in [-0.05, 0) is 43.6 Å². The van der Waals surface area contributed by atoms with Crippen molar-refractivity contribution >= 4 is 5.97 Å². The number of hydrogen-bond donors (Lipinski definition) is 1. The molecule has 2 rings (SSSR count). The van der Waals surface area contributed by atoms with E-state index in [0.717, 1.165) is 19.3 Å². The van der Waals surface area contributed by atoms with Crippen LogP contribution in [0.25, 0.3) is 0 Å². The molecule has 0 aromatic rings. The number of ether oxygens (including phenoxy) is 2. The molecular weight excluding hydrogens is 366 g/mol. The Hall–Kier alpha value is -1.43. The van der Waals surface area contributed by atoms with Crippen LogP contribution in [0.5, 0.6) is 0 Å². The van der Waals surface area contributed by atoms with Gasteiger partial charge in [0.05, 0.1) is 7.11 Å². The summed E-state index contributed by atoms with van der Waals surface area (Å²) in [4.78, 5) is 11.1. The molecule has 0 spiro atoms. The van der Waals surface area contributed by atoms with Crippen LogP contribution >= 0.6 is 0 Å². The maximum Gasteiger partial charge on any atom is 0.305 e. The number of aliphatic hydroxyl groups is 1. The van der Waals surface area contributed by atoms with Gasteiger partial charge in [-0.25, -0.2) is 8.78 Å². The number of aliphatic hydroxyl groups excluding tert-OH is 1. The number of halogens is 2. The van der Waals surface area contributed by atoms with Gasteiger partial charge in [-0.1, -0.05) is 38.8 Å². The normalized spacial score (nSPS) is 33.1. The summed E-state index contributed by atoms with van der Waals surface area (Å²) < 4.78 is 39.4. The van der Waals surface area contributed by atoms with Crippen LogP contribution in [0.2, 0.25) is 0 Å². The summed E-state index contributed by atoms with van der Waals surface area (Å²) in [5, 5.41) is 10.0. The van der Waals surface area contributed by atoms with E-state index in [-0.39, 0.29) is 29.8 Å². The highest BCUT2D eigenvalue weighted by atomic mass is 19.1. The number of carbonyl (C=O) groups is 1. The number of alkyl halides is 2. The first kappa shape index (κ1) is 22.9. The summed E-state index contributed by atoms with van der Waals surface area (Å²) in [6.45, 7) is 4.02. The fraction of sp³-hybridized carbons (Fsp3) is 0.773. The molecule has 0 aromatic carbocycles. The molecule has 0 aromatic heterocycles. The molecule has 2 fully saturated rings. The largest absolute Gasteiger partial charge is 0.492 e. The van der Waals surface area contributed by atoms with Gasteiger partial charge in [0.15, 0.2) is 6.17 Å². The van der Waals surface area contributed by atoms with Crippen molar-refractivity contribution in [1.82, 2.24) is 0 Å². The number of methoxy groups -OCH3 is 1. The van der Waals surface area contributed by atoms with Crippen LogP contribution in [0.1, 0.15) is 58.8 Å². The third-order valence-electron chi connectivity index (χ3n) is 5.92. The molecule has 0 amide bonds. The van der Waals surface area contributed by atoms with E-state index in [0.29, 0.717) is 31.4 Å². The molecule has 1 saturated carbocycles. The molecule has 0 radical (unpaired) electrons.